The summed E-state index contributed by atoms with van der Waals surface area (Å²) in [6, 6.07) is 1.87. The molecule has 1 amide bonds. The minimum absolute atomic E-state index is 0.00594. The molecule has 6 nitrogen and oxygen atoms in total. The lowest BCUT2D eigenvalue weighted by molar-refractivity contribution is 0.0785. The van der Waals surface area contributed by atoms with Gasteiger partial charge in [0, 0.05) is 35.8 Å². The van der Waals surface area contributed by atoms with E-state index in [1.807, 2.05) is 24.1 Å². The van der Waals surface area contributed by atoms with Crippen LogP contribution in [0.5, 0.6) is 0 Å². The van der Waals surface area contributed by atoms with Gasteiger partial charge in [0.2, 0.25) is 0 Å². The lowest BCUT2D eigenvalue weighted by Gasteiger charge is -2.16. The maximum absolute atomic E-state index is 12.6. The van der Waals surface area contributed by atoms with Crippen molar-refractivity contribution in [2.24, 2.45) is 0 Å². The number of aryl methyl sites for hydroxylation is 1. The molecule has 0 bridgehead atoms. The Bertz CT molecular complexity index is 679. The molecule has 22 heavy (non-hydrogen) atoms. The topological polar surface area (TPSA) is 77.7 Å². The van der Waals surface area contributed by atoms with Crippen molar-refractivity contribution in [2.45, 2.75) is 45.4 Å². The lowest BCUT2D eigenvalue weighted by atomic mass is 9.92. The van der Waals surface area contributed by atoms with Gasteiger partial charge in [0.1, 0.15) is 5.69 Å². The van der Waals surface area contributed by atoms with E-state index >= 15 is 0 Å². The number of likely N-dealkylation sites (tertiary alicyclic amines) is 1. The van der Waals surface area contributed by atoms with Gasteiger partial charge >= 0.3 is 0 Å². The number of nitrogens with one attached hydrogen (secondary N) is 2. The zero-order valence-corrected chi connectivity index (χ0v) is 13.6. The van der Waals surface area contributed by atoms with E-state index in [0.29, 0.717) is 11.6 Å². The fraction of sp³-hybridized carbons (Fsp3) is 0.562. The third-order valence-electron chi connectivity index (χ3n) is 4.36. The number of H-pyrrole nitrogens is 2. The monoisotopic (exact) mass is 301 g/mol. The zero-order chi connectivity index (χ0) is 15.9. The number of carbonyl (C=O) groups excluding carboxylic acids is 1. The summed E-state index contributed by atoms with van der Waals surface area (Å²) < 4.78 is 0. The number of hydrogen-bond donors (Lipinski definition) is 2. The molecule has 1 aliphatic heterocycles. The summed E-state index contributed by atoms with van der Waals surface area (Å²) in [6.45, 7) is 9.83. The van der Waals surface area contributed by atoms with E-state index in [1.165, 1.54) is 0 Å². The van der Waals surface area contributed by atoms with Gasteiger partial charge in [-0.2, -0.15) is 10.2 Å². The van der Waals surface area contributed by atoms with Crippen molar-refractivity contribution in [3.8, 4) is 0 Å². The number of aromatic nitrogens is 4. The van der Waals surface area contributed by atoms with Crippen LogP contribution < -0.4 is 0 Å². The van der Waals surface area contributed by atoms with Gasteiger partial charge in [-0.15, -0.1) is 0 Å². The van der Waals surface area contributed by atoms with Gasteiger partial charge < -0.3 is 4.90 Å². The van der Waals surface area contributed by atoms with E-state index in [-0.39, 0.29) is 11.3 Å². The maximum Gasteiger partial charge on any atom is 0.274 e. The van der Waals surface area contributed by atoms with E-state index in [9.17, 15) is 4.79 Å². The van der Waals surface area contributed by atoms with E-state index < -0.39 is 0 Å². The Morgan fingerprint density at radius 1 is 1.36 bits per heavy atom. The lowest BCUT2D eigenvalue weighted by Crippen LogP contribution is -2.28. The molecule has 118 valence electrons. The molecule has 1 aliphatic rings. The molecule has 1 saturated heterocycles. The van der Waals surface area contributed by atoms with Crippen molar-refractivity contribution in [1.29, 1.82) is 0 Å². The van der Waals surface area contributed by atoms with Crippen molar-refractivity contribution in [1.82, 2.24) is 25.3 Å². The molecule has 6 heteroatoms. The van der Waals surface area contributed by atoms with E-state index in [2.05, 4.69) is 41.2 Å². The van der Waals surface area contributed by atoms with Crippen LogP contribution in [-0.2, 0) is 5.41 Å². The highest BCUT2D eigenvalue weighted by Crippen LogP contribution is 2.29. The average Bonchev–Trinajstić information content (AvgIpc) is 3.16. The molecular formula is C16H23N5O. The van der Waals surface area contributed by atoms with Crippen molar-refractivity contribution >= 4 is 5.91 Å². The number of aromatic amines is 2. The van der Waals surface area contributed by atoms with Crippen LogP contribution in [-0.4, -0.2) is 44.3 Å². The molecular weight excluding hydrogens is 278 g/mol. The number of carbonyl (C=O) groups is 1. The first-order chi connectivity index (χ1) is 10.4. The maximum atomic E-state index is 12.6. The second-order valence-electron chi connectivity index (χ2n) is 7.12. The molecule has 0 spiro atoms. The second kappa shape index (κ2) is 5.26. The molecule has 0 radical (unpaired) electrons. The highest BCUT2D eigenvalue weighted by atomic mass is 16.2. The molecule has 3 heterocycles. The third-order valence-corrected chi connectivity index (χ3v) is 4.36. The molecule has 1 fully saturated rings. The zero-order valence-electron chi connectivity index (χ0n) is 13.6. The van der Waals surface area contributed by atoms with E-state index in [4.69, 9.17) is 0 Å². The fourth-order valence-electron chi connectivity index (χ4n) is 2.93. The molecule has 0 saturated carbocycles. The predicted molar refractivity (Wildman–Crippen MR) is 83.9 cm³/mol. The molecule has 0 aromatic carbocycles. The Balaban J connectivity index is 1.72. The quantitative estimate of drug-likeness (QED) is 0.894. The average molecular weight is 301 g/mol. The van der Waals surface area contributed by atoms with Gasteiger partial charge in [-0.25, -0.2) is 0 Å². The Kier molecular flexibility index (Phi) is 3.54. The highest BCUT2D eigenvalue weighted by molar-refractivity contribution is 5.92. The number of nitrogens with zero attached hydrogens (tertiary/aromatic N) is 3. The van der Waals surface area contributed by atoms with Crippen molar-refractivity contribution in [2.75, 3.05) is 13.1 Å². The number of amides is 1. The van der Waals surface area contributed by atoms with Crippen LogP contribution in [0.2, 0.25) is 0 Å². The van der Waals surface area contributed by atoms with Crippen LogP contribution in [0.3, 0.4) is 0 Å². The summed E-state index contributed by atoms with van der Waals surface area (Å²) in [5.41, 5.74) is 3.76. The minimum Gasteiger partial charge on any atom is -0.337 e. The molecule has 2 aromatic rings. The van der Waals surface area contributed by atoms with Gasteiger partial charge in [0.15, 0.2) is 0 Å². The summed E-state index contributed by atoms with van der Waals surface area (Å²) in [4.78, 5) is 14.5. The van der Waals surface area contributed by atoms with Gasteiger partial charge in [-0.3, -0.25) is 15.0 Å². The highest BCUT2D eigenvalue weighted by Gasteiger charge is 2.31. The Hall–Kier alpha value is -2.11. The third kappa shape index (κ3) is 2.65. The smallest absolute Gasteiger partial charge is 0.274 e. The van der Waals surface area contributed by atoms with Crippen LogP contribution in [0.4, 0.5) is 0 Å². The largest absolute Gasteiger partial charge is 0.337 e. The molecule has 0 aliphatic carbocycles. The molecule has 1 atom stereocenters. The first-order valence-corrected chi connectivity index (χ1v) is 7.71. The van der Waals surface area contributed by atoms with E-state index in [0.717, 1.165) is 36.5 Å². The summed E-state index contributed by atoms with van der Waals surface area (Å²) in [5, 5.41) is 14.3. The summed E-state index contributed by atoms with van der Waals surface area (Å²) in [5.74, 6) is 0.346. The Morgan fingerprint density at radius 3 is 2.73 bits per heavy atom. The van der Waals surface area contributed by atoms with Crippen molar-refractivity contribution < 1.29 is 4.79 Å². The van der Waals surface area contributed by atoms with Crippen LogP contribution in [0.25, 0.3) is 0 Å². The van der Waals surface area contributed by atoms with Crippen LogP contribution in [0.15, 0.2) is 12.3 Å². The fourth-order valence-corrected chi connectivity index (χ4v) is 2.93. The van der Waals surface area contributed by atoms with Gasteiger partial charge in [-0.05, 0) is 25.0 Å². The van der Waals surface area contributed by atoms with Crippen LogP contribution in [0.1, 0.15) is 60.5 Å². The number of rotatable bonds is 2. The molecule has 2 aromatic heterocycles. The minimum atomic E-state index is -0.0356. The summed E-state index contributed by atoms with van der Waals surface area (Å²) >= 11 is 0. The summed E-state index contributed by atoms with van der Waals surface area (Å²) in [7, 11) is 0. The normalized spacial score (nSPS) is 18.9. The molecule has 1 unspecified atom stereocenters. The van der Waals surface area contributed by atoms with Crippen LogP contribution in [0, 0.1) is 6.92 Å². The predicted octanol–water partition coefficient (Wildman–Crippen LogP) is 2.37. The number of hydrogen-bond acceptors (Lipinski definition) is 3. The first-order valence-electron chi connectivity index (χ1n) is 7.71. The Morgan fingerprint density at radius 2 is 2.14 bits per heavy atom. The Labute approximate surface area is 130 Å². The SMILES string of the molecule is Cc1cn[nH]c1C1CCN(C(=O)c2cc(C(C)(C)C)[nH]n2)C1. The summed E-state index contributed by atoms with van der Waals surface area (Å²) in [6.07, 6.45) is 2.80. The van der Waals surface area contributed by atoms with Gasteiger partial charge in [0.25, 0.3) is 5.91 Å². The van der Waals surface area contributed by atoms with Gasteiger partial charge in [0.05, 0.1) is 6.20 Å². The van der Waals surface area contributed by atoms with Gasteiger partial charge in [-0.1, -0.05) is 20.8 Å². The van der Waals surface area contributed by atoms with Crippen molar-refractivity contribution in [3.63, 3.8) is 0 Å². The van der Waals surface area contributed by atoms with E-state index in [1.54, 1.807) is 0 Å². The second-order valence-corrected chi connectivity index (χ2v) is 7.12. The molecule has 3 rings (SSSR count). The molecule has 2 N–H and O–H groups in total. The first kappa shape index (κ1) is 14.8. The van der Waals surface area contributed by atoms with Crippen molar-refractivity contribution in [3.05, 3.63) is 34.9 Å². The van der Waals surface area contributed by atoms with Crippen LogP contribution >= 0.6 is 0 Å². The standard InChI is InChI=1S/C16H23N5O/c1-10-8-17-20-14(10)11-5-6-21(9-11)15(22)12-7-13(19-18-12)16(2,3)4/h7-8,11H,5-6,9H2,1-4H3,(H,17,20)(H,18,19).